The Morgan fingerprint density at radius 2 is 1.93 bits per heavy atom. The third-order valence-corrected chi connectivity index (χ3v) is 4.01. The lowest BCUT2D eigenvalue weighted by Crippen LogP contribution is -2.37. The zero-order valence-corrected chi connectivity index (χ0v) is 17.5. The van der Waals surface area contributed by atoms with Gasteiger partial charge in [-0.05, 0) is 18.6 Å². The van der Waals surface area contributed by atoms with Crippen molar-refractivity contribution >= 4 is 40.8 Å². The Kier molecular flexibility index (Phi) is 10.7. The number of amides is 1. The predicted molar refractivity (Wildman–Crippen MR) is 109 cm³/mol. The number of halogens is 3. The molecule has 0 saturated heterocycles. The maximum atomic E-state index is 12.3. The van der Waals surface area contributed by atoms with Crippen LogP contribution in [0, 0.1) is 0 Å². The second-order valence-corrected chi connectivity index (χ2v) is 6.44. The Morgan fingerprint density at radius 3 is 2.41 bits per heavy atom. The van der Waals surface area contributed by atoms with Crippen LogP contribution in [0.4, 0.5) is 4.79 Å². The highest BCUT2D eigenvalue weighted by atomic mass is 35.5. The number of aromatic nitrogens is 2. The highest BCUT2D eigenvalue weighted by Crippen LogP contribution is 2.35. The van der Waals surface area contributed by atoms with Crippen molar-refractivity contribution in [3.8, 4) is 5.75 Å². The molecule has 27 heavy (non-hydrogen) atoms. The van der Waals surface area contributed by atoms with Crippen LogP contribution >= 0.6 is 34.8 Å². The van der Waals surface area contributed by atoms with Gasteiger partial charge in [-0.2, -0.15) is 0 Å². The average Bonchev–Trinajstić information content (AvgIpc) is 3.17. The normalized spacial score (nSPS) is 9.81. The second kappa shape index (κ2) is 12.5. The molecule has 0 spiro atoms. The molecule has 9 heteroatoms. The zero-order valence-electron chi connectivity index (χ0n) is 15.2. The summed E-state index contributed by atoms with van der Waals surface area (Å²) in [6, 6.07) is 2.97. The molecule has 148 valence electrons. The lowest BCUT2D eigenvalue weighted by molar-refractivity contribution is 0.184. The van der Waals surface area contributed by atoms with Gasteiger partial charge in [0.1, 0.15) is 12.9 Å². The standard InChI is InChI=1S/C15H16Cl3N3O2.C3H6O/c1-2-4-20(15(22)21-5-3-19-10-21)6-7-23-14-12(17)8-11(16)9-13(14)18;1-3-4-2/h3,5,8-10H,2,4,6-7H2,1H3;3H,1H2,2H3. The molecule has 0 aliphatic carbocycles. The fourth-order valence-electron chi connectivity index (χ4n) is 2.03. The molecule has 1 heterocycles. The van der Waals surface area contributed by atoms with E-state index >= 15 is 0 Å². The molecular formula is C18H22Cl3N3O3. The minimum absolute atomic E-state index is 0.152. The van der Waals surface area contributed by atoms with Gasteiger partial charge in [-0.1, -0.05) is 48.3 Å². The van der Waals surface area contributed by atoms with Crippen molar-refractivity contribution in [3.05, 3.63) is 58.8 Å². The second-order valence-electron chi connectivity index (χ2n) is 5.19. The van der Waals surface area contributed by atoms with E-state index in [9.17, 15) is 4.79 Å². The molecule has 1 amide bonds. The van der Waals surface area contributed by atoms with E-state index in [0.717, 1.165) is 6.42 Å². The molecule has 1 aromatic carbocycles. The molecule has 1 aromatic heterocycles. The van der Waals surface area contributed by atoms with Gasteiger partial charge in [0, 0.05) is 24.0 Å². The Morgan fingerprint density at radius 1 is 1.30 bits per heavy atom. The number of nitrogens with zero attached hydrogens (tertiary/aromatic N) is 3. The van der Waals surface area contributed by atoms with Crippen molar-refractivity contribution in [2.75, 3.05) is 26.8 Å². The molecule has 6 nitrogen and oxygen atoms in total. The van der Waals surface area contributed by atoms with Gasteiger partial charge in [0.2, 0.25) is 0 Å². The molecular weight excluding hydrogens is 413 g/mol. The van der Waals surface area contributed by atoms with Crippen LogP contribution in [0.1, 0.15) is 13.3 Å². The summed E-state index contributed by atoms with van der Waals surface area (Å²) in [5.74, 6) is 0.365. The first kappa shape index (κ1) is 23.1. The monoisotopic (exact) mass is 433 g/mol. The van der Waals surface area contributed by atoms with Crippen LogP contribution < -0.4 is 4.74 Å². The van der Waals surface area contributed by atoms with Crippen LogP contribution in [0.5, 0.6) is 5.75 Å². The molecule has 0 radical (unpaired) electrons. The summed E-state index contributed by atoms with van der Waals surface area (Å²) in [6.45, 7) is 6.54. The van der Waals surface area contributed by atoms with E-state index in [-0.39, 0.29) is 12.6 Å². The van der Waals surface area contributed by atoms with E-state index in [2.05, 4.69) is 16.3 Å². The number of methoxy groups -OCH3 is 1. The smallest absolute Gasteiger partial charge is 0.329 e. The summed E-state index contributed by atoms with van der Waals surface area (Å²) in [5, 5.41) is 1.12. The van der Waals surface area contributed by atoms with Gasteiger partial charge in [-0.15, -0.1) is 0 Å². The first-order valence-corrected chi connectivity index (χ1v) is 9.26. The Hall–Kier alpha value is -1.89. The number of rotatable bonds is 7. The molecule has 2 rings (SSSR count). The van der Waals surface area contributed by atoms with Crippen molar-refractivity contribution in [3.63, 3.8) is 0 Å². The number of benzene rings is 1. The minimum Gasteiger partial charge on any atom is -0.505 e. The predicted octanol–water partition coefficient (Wildman–Crippen LogP) is 5.38. The van der Waals surface area contributed by atoms with Gasteiger partial charge >= 0.3 is 6.03 Å². The summed E-state index contributed by atoms with van der Waals surface area (Å²) in [6.07, 6.45) is 6.85. The minimum atomic E-state index is -0.152. The third kappa shape index (κ3) is 7.71. The first-order valence-electron chi connectivity index (χ1n) is 8.12. The van der Waals surface area contributed by atoms with Crippen LogP contribution in [0.3, 0.4) is 0 Å². The molecule has 0 atom stereocenters. The summed E-state index contributed by atoms with van der Waals surface area (Å²) in [7, 11) is 1.56. The number of hydrogen-bond acceptors (Lipinski definition) is 4. The molecule has 0 N–H and O–H groups in total. The van der Waals surface area contributed by atoms with Gasteiger partial charge in [0.05, 0.1) is 30.0 Å². The number of hydrogen-bond donors (Lipinski definition) is 0. The van der Waals surface area contributed by atoms with Crippen molar-refractivity contribution < 1.29 is 14.3 Å². The average molecular weight is 435 g/mol. The first-order chi connectivity index (χ1) is 12.9. The lowest BCUT2D eigenvalue weighted by Gasteiger charge is -2.22. The molecule has 0 unspecified atom stereocenters. The van der Waals surface area contributed by atoms with Crippen LogP contribution in [-0.2, 0) is 4.74 Å². The maximum Gasteiger partial charge on any atom is 0.329 e. The van der Waals surface area contributed by atoms with Crippen molar-refractivity contribution in [1.82, 2.24) is 14.5 Å². The molecule has 0 fully saturated rings. The Labute approximate surface area is 174 Å². The summed E-state index contributed by atoms with van der Waals surface area (Å²) < 4.78 is 11.4. The Bertz CT molecular complexity index is 701. The van der Waals surface area contributed by atoms with E-state index in [4.69, 9.17) is 39.5 Å². The number of carbonyl (C=O) groups excluding carboxylic acids is 1. The lowest BCUT2D eigenvalue weighted by atomic mass is 10.3. The highest BCUT2D eigenvalue weighted by Gasteiger charge is 2.15. The van der Waals surface area contributed by atoms with Crippen LogP contribution in [0.15, 0.2) is 43.7 Å². The zero-order chi connectivity index (χ0) is 20.2. The summed E-state index contributed by atoms with van der Waals surface area (Å²) in [4.78, 5) is 17.9. The van der Waals surface area contributed by atoms with Crippen LogP contribution in [-0.4, -0.2) is 47.3 Å². The van der Waals surface area contributed by atoms with Crippen LogP contribution in [0.2, 0.25) is 15.1 Å². The van der Waals surface area contributed by atoms with E-state index in [0.29, 0.717) is 33.9 Å². The summed E-state index contributed by atoms with van der Waals surface area (Å²) in [5.41, 5.74) is 0. The van der Waals surface area contributed by atoms with E-state index in [1.54, 1.807) is 36.5 Å². The van der Waals surface area contributed by atoms with Crippen molar-refractivity contribution in [2.24, 2.45) is 0 Å². The van der Waals surface area contributed by atoms with Gasteiger partial charge in [0.15, 0.2) is 5.75 Å². The third-order valence-electron chi connectivity index (χ3n) is 3.23. The van der Waals surface area contributed by atoms with Gasteiger partial charge in [0.25, 0.3) is 0 Å². The SMILES string of the molecule is C=COC.CCCN(CCOc1c(Cl)cc(Cl)cc1Cl)C(=O)n1ccnc1. The van der Waals surface area contributed by atoms with E-state index in [1.165, 1.54) is 17.2 Å². The van der Waals surface area contributed by atoms with Gasteiger partial charge in [-0.3, -0.25) is 4.57 Å². The van der Waals surface area contributed by atoms with E-state index in [1.807, 2.05) is 6.92 Å². The molecule has 0 aliphatic rings. The van der Waals surface area contributed by atoms with Crippen molar-refractivity contribution in [1.29, 1.82) is 0 Å². The molecule has 0 bridgehead atoms. The van der Waals surface area contributed by atoms with E-state index < -0.39 is 0 Å². The maximum absolute atomic E-state index is 12.3. The van der Waals surface area contributed by atoms with Crippen LogP contribution in [0.25, 0.3) is 0 Å². The topological polar surface area (TPSA) is 56.6 Å². The largest absolute Gasteiger partial charge is 0.505 e. The van der Waals surface area contributed by atoms with Gasteiger partial charge < -0.3 is 14.4 Å². The molecule has 0 aliphatic heterocycles. The summed E-state index contributed by atoms with van der Waals surface area (Å²) >= 11 is 18.0. The fraction of sp³-hybridized carbons (Fsp3) is 0.333. The van der Waals surface area contributed by atoms with Gasteiger partial charge in [-0.25, -0.2) is 9.78 Å². The molecule has 0 saturated carbocycles. The highest BCUT2D eigenvalue weighted by molar-refractivity contribution is 6.40. The quantitative estimate of drug-likeness (QED) is 0.549. The van der Waals surface area contributed by atoms with Crippen molar-refractivity contribution in [2.45, 2.75) is 13.3 Å². The number of imidazole rings is 1. The Balaban J connectivity index is 0.000000828. The molecule has 2 aromatic rings. The fourth-order valence-corrected chi connectivity index (χ4v) is 2.96. The number of ether oxygens (including phenoxy) is 2. The number of carbonyl (C=O) groups is 1.